The maximum Gasteiger partial charge on any atom is 0.0306 e. The number of alkyl halides is 1. The van der Waals surface area contributed by atoms with Crippen LogP contribution in [0.4, 0.5) is 0 Å². The number of rotatable bonds is 3. The van der Waals surface area contributed by atoms with Gasteiger partial charge in [-0.15, -0.1) is 11.6 Å². The van der Waals surface area contributed by atoms with Gasteiger partial charge in [-0.1, -0.05) is 18.2 Å². The van der Waals surface area contributed by atoms with Crippen LogP contribution in [0.25, 0.3) is 0 Å². The van der Waals surface area contributed by atoms with Gasteiger partial charge in [-0.3, -0.25) is 0 Å². The third-order valence-corrected chi connectivity index (χ3v) is 3.19. The fourth-order valence-electron chi connectivity index (χ4n) is 2.11. The second kappa shape index (κ2) is 4.33. The lowest BCUT2D eigenvalue weighted by atomic mass is 10.0. The standard InChI is InChI=1S/C12H16ClN/c13-7-6-12(14)11-5-4-9-2-1-3-10(9)8-11/h4-5,8,12H,1-3,6-7,14H2. The highest BCUT2D eigenvalue weighted by molar-refractivity contribution is 6.17. The molecule has 2 heteroatoms. The highest BCUT2D eigenvalue weighted by Crippen LogP contribution is 2.25. The molecule has 0 amide bonds. The molecule has 0 saturated heterocycles. The van der Waals surface area contributed by atoms with Crippen LogP contribution in [-0.2, 0) is 12.8 Å². The van der Waals surface area contributed by atoms with E-state index >= 15 is 0 Å². The first kappa shape index (κ1) is 10.0. The highest BCUT2D eigenvalue weighted by Gasteiger charge is 2.13. The van der Waals surface area contributed by atoms with Gasteiger partial charge in [0, 0.05) is 11.9 Å². The minimum absolute atomic E-state index is 0.110. The van der Waals surface area contributed by atoms with E-state index < -0.39 is 0 Å². The number of halogens is 1. The molecule has 0 bridgehead atoms. The van der Waals surface area contributed by atoms with Crippen molar-refractivity contribution in [3.63, 3.8) is 0 Å². The number of nitrogens with two attached hydrogens (primary N) is 1. The molecule has 0 spiro atoms. The molecule has 0 saturated carbocycles. The number of fused-ring (bicyclic) bond motifs is 1. The lowest BCUT2D eigenvalue weighted by Gasteiger charge is -2.11. The molecule has 76 valence electrons. The number of aryl methyl sites for hydroxylation is 2. The predicted octanol–water partition coefficient (Wildman–Crippen LogP) is 2.80. The Balaban J connectivity index is 2.19. The second-order valence-corrected chi connectivity index (χ2v) is 4.34. The molecule has 1 nitrogen and oxygen atoms in total. The maximum atomic E-state index is 6.02. The van der Waals surface area contributed by atoms with Gasteiger partial charge in [0.05, 0.1) is 0 Å². The largest absolute Gasteiger partial charge is 0.324 e. The lowest BCUT2D eigenvalue weighted by molar-refractivity contribution is 0.702. The van der Waals surface area contributed by atoms with Crippen LogP contribution in [0.3, 0.4) is 0 Å². The van der Waals surface area contributed by atoms with Crippen LogP contribution in [0, 0.1) is 0 Å². The third kappa shape index (κ3) is 1.94. The number of benzene rings is 1. The SMILES string of the molecule is NC(CCCl)c1ccc2c(c1)CCC2. The van der Waals surface area contributed by atoms with Crippen molar-refractivity contribution >= 4 is 11.6 Å². The van der Waals surface area contributed by atoms with Gasteiger partial charge in [0.25, 0.3) is 0 Å². The summed E-state index contributed by atoms with van der Waals surface area (Å²) < 4.78 is 0. The van der Waals surface area contributed by atoms with Crippen molar-refractivity contribution in [2.75, 3.05) is 5.88 Å². The van der Waals surface area contributed by atoms with Crippen molar-refractivity contribution in [1.82, 2.24) is 0 Å². The van der Waals surface area contributed by atoms with Gasteiger partial charge >= 0.3 is 0 Å². The van der Waals surface area contributed by atoms with E-state index in [9.17, 15) is 0 Å². The molecule has 1 aliphatic carbocycles. The van der Waals surface area contributed by atoms with Gasteiger partial charge in [0.1, 0.15) is 0 Å². The summed E-state index contributed by atoms with van der Waals surface area (Å²) in [5, 5.41) is 0. The van der Waals surface area contributed by atoms with Gasteiger partial charge < -0.3 is 5.73 Å². The van der Waals surface area contributed by atoms with Crippen LogP contribution < -0.4 is 5.73 Å². The molecule has 1 unspecified atom stereocenters. The van der Waals surface area contributed by atoms with Gasteiger partial charge in [-0.2, -0.15) is 0 Å². The summed E-state index contributed by atoms with van der Waals surface area (Å²) in [4.78, 5) is 0. The Morgan fingerprint density at radius 1 is 1.29 bits per heavy atom. The average molecular weight is 210 g/mol. The topological polar surface area (TPSA) is 26.0 Å². The van der Waals surface area contributed by atoms with Crippen LogP contribution >= 0.6 is 11.6 Å². The van der Waals surface area contributed by atoms with Crippen molar-refractivity contribution in [3.05, 3.63) is 34.9 Å². The molecule has 1 aliphatic rings. The molecule has 0 fully saturated rings. The summed E-state index contributed by atoms with van der Waals surface area (Å²) in [6, 6.07) is 6.76. The fraction of sp³-hybridized carbons (Fsp3) is 0.500. The van der Waals surface area contributed by atoms with E-state index in [1.165, 1.54) is 36.0 Å². The van der Waals surface area contributed by atoms with E-state index in [1.54, 1.807) is 0 Å². The Hall–Kier alpha value is -0.530. The van der Waals surface area contributed by atoms with E-state index in [0.717, 1.165) is 6.42 Å². The summed E-state index contributed by atoms with van der Waals surface area (Å²) in [7, 11) is 0. The summed E-state index contributed by atoms with van der Waals surface area (Å²) in [5.41, 5.74) is 10.3. The molecule has 0 aromatic heterocycles. The Morgan fingerprint density at radius 3 is 2.86 bits per heavy atom. The minimum atomic E-state index is 0.110. The summed E-state index contributed by atoms with van der Waals surface area (Å²) in [5.74, 6) is 0.637. The van der Waals surface area contributed by atoms with E-state index in [2.05, 4.69) is 18.2 Å². The molecule has 2 N–H and O–H groups in total. The number of hydrogen-bond donors (Lipinski definition) is 1. The molecule has 0 heterocycles. The zero-order valence-electron chi connectivity index (χ0n) is 8.30. The van der Waals surface area contributed by atoms with Gasteiger partial charge in [0.2, 0.25) is 0 Å². The maximum absolute atomic E-state index is 6.02. The van der Waals surface area contributed by atoms with Crippen LogP contribution in [0.2, 0.25) is 0 Å². The first-order valence-electron chi connectivity index (χ1n) is 5.24. The van der Waals surface area contributed by atoms with Gasteiger partial charge in [-0.05, 0) is 42.4 Å². The quantitative estimate of drug-likeness (QED) is 0.762. The zero-order valence-corrected chi connectivity index (χ0v) is 9.06. The molecular formula is C12H16ClN. The molecule has 0 radical (unpaired) electrons. The minimum Gasteiger partial charge on any atom is -0.324 e. The van der Waals surface area contributed by atoms with Crippen LogP contribution in [0.15, 0.2) is 18.2 Å². The van der Waals surface area contributed by atoms with Crippen molar-refractivity contribution in [3.8, 4) is 0 Å². The van der Waals surface area contributed by atoms with Crippen LogP contribution in [0.1, 0.15) is 35.6 Å². The Kier molecular flexibility index (Phi) is 3.09. The van der Waals surface area contributed by atoms with Crippen LogP contribution in [-0.4, -0.2) is 5.88 Å². The van der Waals surface area contributed by atoms with Crippen molar-refractivity contribution in [1.29, 1.82) is 0 Å². The van der Waals surface area contributed by atoms with Gasteiger partial charge in [0.15, 0.2) is 0 Å². The normalized spacial score (nSPS) is 16.7. The predicted molar refractivity (Wildman–Crippen MR) is 60.7 cm³/mol. The van der Waals surface area contributed by atoms with E-state index in [4.69, 9.17) is 17.3 Å². The molecular weight excluding hydrogens is 194 g/mol. The Bertz CT molecular complexity index is 322. The zero-order chi connectivity index (χ0) is 9.97. The van der Waals surface area contributed by atoms with E-state index in [-0.39, 0.29) is 6.04 Å². The summed E-state index contributed by atoms with van der Waals surface area (Å²) >= 11 is 5.68. The third-order valence-electron chi connectivity index (χ3n) is 2.97. The van der Waals surface area contributed by atoms with Crippen molar-refractivity contribution in [2.24, 2.45) is 5.73 Å². The fourth-order valence-corrected chi connectivity index (χ4v) is 2.34. The lowest BCUT2D eigenvalue weighted by Crippen LogP contribution is -2.11. The molecule has 0 aliphatic heterocycles. The number of hydrogen-bond acceptors (Lipinski definition) is 1. The summed E-state index contributed by atoms with van der Waals surface area (Å²) in [6.45, 7) is 0. The van der Waals surface area contributed by atoms with Crippen molar-refractivity contribution in [2.45, 2.75) is 31.7 Å². The monoisotopic (exact) mass is 209 g/mol. The van der Waals surface area contributed by atoms with Gasteiger partial charge in [-0.25, -0.2) is 0 Å². The first-order valence-corrected chi connectivity index (χ1v) is 5.78. The van der Waals surface area contributed by atoms with Crippen molar-refractivity contribution < 1.29 is 0 Å². The average Bonchev–Trinajstić information content (AvgIpc) is 2.64. The second-order valence-electron chi connectivity index (χ2n) is 3.97. The highest BCUT2D eigenvalue weighted by atomic mass is 35.5. The summed E-state index contributed by atoms with van der Waals surface area (Å²) in [6.07, 6.45) is 4.61. The molecule has 1 atom stereocenters. The smallest absolute Gasteiger partial charge is 0.0306 e. The molecule has 1 aromatic rings. The first-order chi connectivity index (χ1) is 6.81. The van der Waals surface area contributed by atoms with E-state index in [0.29, 0.717) is 5.88 Å². The molecule has 2 rings (SSSR count). The molecule has 1 aromatic carbocycles. The van der Waals surface area contributed by atoms with Crippen LogP contribution in [0.5, 0.6) is 0 Å². The van der Waals surface area contributed by atoms with E-state index in [1.807, 2.05) is 0 Å². The Labute approximate surface area is 90.3 Å². The Morgan fingerprint density at radius 2 is 2.07 bits per heavy atom. The molecule has 14 heavy (non-hydrogen) atoms.